The Hall–Kier alpha value is -1.43. The monoisotopic (exact) mass is 218 g/mol. The predicted octanol–water partition coefficient (Wildman–Crippen LogP) is 0.684. The van der Waals surface area contributed by atoms with Crippen LogP contribution in [0.2, 0.25) is 0 Å². The van der Waals surface area contributed by atoms with Gasteiger partial charge in [-0.3, -0.25) is 4.79 Å². The number of halogens is 1. The number of hydrogen-bond acceptors (Lipinski definition) is 3. The minimum atomic E-state index is -3.84. The summed E-state index contributed by atoms with van der Waals surface area (Å²) in [5, 5.41) is 8.31. The van der Waals surface area contributed by atoms with Crippen LogP contribution in [0.4, 0.5) is 4.39 Å². The molecule has 0 radical (unpaired) electrons. The summed E-state index contributed by atoms with van der Waals surface area (Å²) in [5.74, 6) is -2.99. The van der Waals surface area contributed by atoms with Crippen molar-refractivity contribution >= 4 is 15.8 Å². The van der Waals surface area contributed by atoms with Gasteiger partial charge in [0.2, 0.25) is 0 Å². The van der Waals surface area contributed by atoms with E-state index in [1.165, 1.54) is 0 Å². The van der Waals surface area contributed by atoms with E-state index in [2.05, 4.69) is 0 Å². The normalized spacial score (nSPS) is 11.2. The number of benzene rings is 1. The first-order chi connectivity index (χ1) is 6.42. The molecule has 0 aliphatic heterocycles. The van der Waals surface area contributed by atoms with Crippen molar-refractivity contribution < 1.29 is 22.7 Å². The number of carbonyl (C=O) groups is 1. The lowest BCUT2D eigenvalue weighted by Gasteiger charge is -2.00. The van der Waals surface area contributed by atoms with Crippen molar-refractivity contribution in [3.8, 4) is 0 Å². The Labute approximate surface area is 79.9 Å². The van der Waals surface area contributed by atoms with E-state index in [1.807, 2.05) is 0 Å². The van der Waals surface area contributed by atoms with Gasteiger partial charge in [-0.25, -0.2) is 12.8 Å². The number of rotatable bonds is 3. The van der Waals surface area contributed by atoms with E-state index in [1.54, 1.807) is 0 Å². The first kappa shape index (κ1) is 10.6. The average Bonchev–Trinajstić information content (AvgIpc) is 2.02. The molecule has 0 atom stereocenters. The van der Waals surface area contributed by atoms with Crippen molar-refractivity contribution in [2.75, 3.05) is 5.75 Å². The fraction of sp³-hybridized carbons (Fsp3) is 0.125. The molecule has 0 aromatic heterocycles. The molecule has 0 aliphatic carbocycles. The van der Waals surface area contributed by atoms with Crippen LogP contribution in [-0.4, -0.2) is 25.2 Å². The highest BCUT2D eigenvalue weighted by molar-refractivity contribution is 7.92. The Bertz CT molecular complexity index is 435. The van der Waals surface area contributed by atoms with Gasteiger partial charge in [-0.2, -0.15) is 0 Å². The smallest absolute Gasteiger partial charge is 0.319 e. The second kappa shape index (κ2) is 3.75. The van der Waals surface area contributed by atoms with Crippen molar-refractivity contribution in [2.45, 2.75) is 4.90 Å². The SMILES string of the molecule is O=C(O)CS(=O)(=O)c1ccc(F)cc1. The molecule has 1 aromatic rings. The Kier molecular flexibility index (Phi) is 2.85. The lowest BCUT2D eigenvalue weighted by Crippen LogP contribution is -2.15. The second-order valence-corrected chi connectivity index (χ2v) is 4.60. The average molecular weight is 218 g/mol. The zero-order valence-electron chi connectivity index (χ0n) is 6.97. The van der Waals surface area contributed by atoms with Gasteiger partial charge in [0.25, 0.3) is 0 Å². The molecule has 6 heteroatoms. The van der Waals surface area contributed by atoms with E-state index >= 15 is 0 Å². The van der Waals surface area contributed by atoms with E-state index in [0.29, 0.717) is 0 Å². The molecule has 0 saturated heterocycles. The maximum absolute atomic E-state index is 12.4. The maximum atomic E-state index is 12.4. The number of sulfone groups is 1. The molecule has 1 N–H and O–H groups in total. The summed E-state index contributed by atoms with van der Waals surface area (Å²) in [6.45, 7) is 0. The lowest BCUT2D eigenvalue weighted by molar-refractivity contribution is -0.134. The van der Waals surface area contributed by atoms with Crippen molar-refractivity contribution in [3.05, 3.63) is 30.1 Å². The van der Waals surface area contributed by atoms with E-state index in [9.17, 15) is 17.6 Å². The Morgan fingerprint density at radius 1 is 1.29 bits per heavy atom. The first-order valence-electron chi connectivity index (χ1n) is 3.62. The predicted molar refractivity (Wildman–Crippen MR) is 46.1 cm³/mol. The molecule has 76 valence electrons. The molecule has 4 nitrogen and oxygen atoms in total. The van der Waals surface area contributed by atoms with Gasteiger partial charge in [-0.05, 0) is 24.3 Å². The second-order valence-electron chi connectivity index (χ2n) is 2.61. The van der Waals surface area contributed by atoms with Gasteiger partial charge in [0.15, 0.2) is 15.6 Å². The van der Waals surface area contributed by atoms with Crippen LogP contribution in [0.25, 0.3) is 0 Å². The number of hydrogen-bond donors (Lipinski definition) is 1. The zero-order chi connectivity index (χ0) is 10.8. The third-order valence-electron chi connectivity index (χ3n) is 1.49. The van der Waals surface area contributed by atoms with Gasteiger partial charge in [-0.15, -0.1) is 0 Å². The van der Waals surface area contributed by atoms with E-state index in [0.717, 1.165) is 24.3 Å². The molecule has 0 bridgehead atoms. The Morgan fingerprint density at radius 3 is 2.21 bits per heavy atom. The number of carboxylic acid groups (broad SMARTS) is 1. The fourth-order valence-electron chi connectivity index (χ4n) is 0.888. The van der Waals surface area contributed by atoms with Crippen LogP contribution in [0.1, 0.15) is 0 Å². The topological polar surface area (TPSA) is 71.4 Å². The fourth-order valence-corrected chi connectivity index (χ4v) is 1.93. The largest absolute Gasteiger partial charge is 0.480 e. The molecule has 0 heterocycles. The summed E-state index contributed by atoms with van der Waals surface area (Å²) in [7, 11) is -3.84. The molecule has 0 spiro atoms. The van der Waals surface area contributed by atoms with Crippen LogP contribution < -0.4 is 0 Å². The zero-order valence-corrected chi connectivity index (χ0v) is 7.79. The van der Waals surface area contributed by atoms with Crippen LogP contribution in [0, 0.1) is 5.82 Å². The summed E-state index contributed by atoms with van der Waals surface area (Å²) in [5.41, 5.74) is 0. The standard InChI is InChI=1S/C8H7FO4S/c9-6-1-3-7(4-2-6)14(12,13)5-8(10)11/h1-4H,5H2,(H,10,11). The minimum Gasteiger partial charge on any atom is -0.480 e. The quantitative estimate of drug-likeness (QED) is 0.757. The first-order valence-corrected chi connectivity index (χ1v) is 5.27. The highest BCUT2D eigenvalue weighted by Crippen LogP contribution is 2.11. The van der Waals surface area contributed by atoms with Crippen molar-refractivity contribution in [1.82, 2.24) is 0 Å². The van der Waals surface area contributed by atoms with Crippen LogP contribution in [0.3, 0.4) is 0 Å². The highest BCUT2D eigenvalue weighted by atomic mass is 32.2. The van der Waals surface area contributed by atoms with E-state index in [4.69, 9.17) is 5.11 Å². The molecular formula is C8H7FO4S. The Balaban J connectivity index is 3.05. The van der Waals surface area contributed by atoms with Gasteiger partial charge >= 0.3 is 5.97 Å². The molecule has 0 amide bonds. The summed E-state index contributed by atoms with van der Waals surface area (Å²) in [6.07, 6.45) is 0. The maximum Gasteiger partial charge on any atom is 0.319 e. The molecule has 0 aliphatic rings. The molecule has 1 rings (SSSR count). The summed E-state index contributed by atoms with van der Waals surface area (Å²) in [6, 6.07) is 4.00. The molecule has 0 fully saturated rings. The molecule has 0 unspecified atom stereocenters. The van der Waals surface area contributed by atoms with Gasteiger partial charge in [0.1, 0.15) is 5.82 Å². The molecule has 0 saturated carbocycles. The van der Waals surface area contributed by atoms with Crippen molar-refractivity contribution in [1.29, 1.82) is 0 Å². The molecular weight excluding hydrogens is 211 g/mol. The van der Waals surface area contributed by atoms with Crippen LogP contribution in [0.15, 0.2) is 29.2 Å². The third-order valence-corrected chi connectivity index (χ3v) is 3.10. The van der Waals surface area contributed by atoms with E-state index < -0.39 is 27.4 Å². The third kappa shape index (κ3) is 2.53. The lowest BCUT2D eigenvalue weighted by atomic mass is 10.4. The summed E-state index contributed by atoms with van der Waals surface area (Å²) in [4.78, 5) is 10.0. The number of carboxylic acids is 1. The van der Waals surface area contributed by atoms with Gasteiger partial charge < -0.3 is 5.11 Å². The summed E-state index contributed by atoms with van der Waals surface area (Å²) < 4.78 is 34.9. The molecule has 1 aromatic carbocycles. The van der Waals surface area contributed by atoms with E-state index in [-0.39, 0.29) is 4.90 Å². The van der Waals surface area contributed by atoms with Gasteiger partial charge in [0.05, 0.1) is 4.90 Å². The van der Waals surface area contributed by atoms with Crippen molar-refractivity contribution in [2.24, 2.45) is 0 Å². The van der Waals surface area contributed by atoms with Crippen molar-refractivity contribution in [3.63, 3.8) is 0 Å². The van der Waals surface area contributed by atoms with Gasteiger partial charge in [-0.1, -0.05) is 0 Å². The van der Waals surface area contributed by atoms with Crippen LogP contribution >= 0.6 is 0 Å². The Morgan fingerprint density at radius 2 is 1.79 bits per heavy atom. The number of aliphatic carboxylic acids is 1. The van der Waals surface area contributed by atoms with Crippen LogP contribution in [0.5, 0.6) is 0 Å². The molecule has 14 heavy (non-hydrogen) atoms. The van der Waals surface area contributed by atoms with Crippen LogP contribution in [-0.2, 0) is 14.6 Å². The van der Waals surface area contributed by atoms with Gasteiger partial charge in [0, 0.05) is 0 Å². The highest BCUT2D eigenvalue weighted by Gasteiger charge is 2.18. The summed E-state index contributed by atoms with van der Waals surface area (Å²) >= 11 is 0. The minimum absolute atomic E-state index is 0.193.